The molecule has 0 aliphatic heterocycles. The zero-order valence-corrected chi connectivity index (χ0v) is 8.94. The molecule has 0 amide bonds. The van der Waals surface area contributed by atoms with Crippen molar-refractivity contribution in [1.29, 1.82) is 0 Å². The smallest absolute Gasteiger partial charge is 0.160 e. The molecule has 1 aromatic heterocycles. The number of aromatic nitrogens is 3. The van der Waals surface area contributed by atoms with E-state index < -0.39 is 0 Å². The van der Waals surface area contributed by atoms with Gasteiger partial charge in [-0.1, -0.05) is 19.1 Å². The minimum Gasteiger partial charge on any atom is -0.398 e. The summed E-state index contributed by atoms with van der Waals surface area (Å²) in [5.74, 6) is 1.67. The predicted octanol–water partition coefficient (Wildman–Crippen LogP) is 1.63. The quantitative estimate of drug-likeness (QED) is 0.753. The Hall–Kier alpha value is -1.84. The number of nitrogen functional groups attached to an aromatic ring is 1. The van der Waals surface area contributed by atoms with Gasteiger partial charge in [0, 0.05) is 24.7 Å². The van der Waals surface area contributed by atoms with Gasteiger partial charge in [0.15, 0.2) is 11.6 Å². The largest absolute Gasteiger partial charge is 0.398 e. The summed E-state index contributed by atoms with van der Waals surface area (Å²) in [7, 11) is 1.88. The molecular formula is C11H14N4. The second-order valence-corrected chi connectivity index (χ2v) is 3.42. The van der Waals surface area contributed by atoms with Crippen molar-refractivity contribution in [2.24, 2.45) is 7.05 Å². The highest BCUT2D eigenvalue weighted by molar-refractivity contribution is 5.71. The number of hydrogen-bond acceptors (Lipinski definition) is 3. The molecule has 0 saturated carbocycles. The molecule has 0 radical (unpaired) electrons. The van der Waals surface area contributed by atoms with E-state index in [0.717, 1.165) is 29.3 Å². The molecule has 2 rings (SSSR count). The number of para-hydroxylation sites is 1. The van der Waals surface area contributed by atoms with Crippen molar-refractivity contribution in [3.63, 3.8) is 0 Å². The lowest BCUT2D eigenvalue weighted by atomic mass is 10.2. The summed E-state index contributed by atoms with van der Waals surface area (Å²) in [4.78, 5) is 4.43. The van der Waals surface area contributed by atoms with Crippen LogP contribution in [0.15, 0.2) is 24.3 Å². The van der Waals surface area contributed by atoms with E-state index in [1.165, 1.54) is 0 Å². The zero-order chi connectivity index (χ0) is 10.8. The van der Waals surface area contributed by atoms with Crippen molar-refractivity contribution in [2.45, 2.75) is 13.3 Å². The first-order chi connectivity index (χ1) is 7.22. The first-order valence-corrected chi connectivity index (χ1v) is 4.97. The van der Waals surface area contributed by atoms with Crippen LogP contribution in [0, 0.1) is 0 Å². The van der Waals surface area contributed by atoms with Crippen LogP contribution in [0.5, 0.6) is 0 Å². The molecule has 0 fully saturated rings. The van der Waals surface area contributed by atoms with E-state index in [4.69, 9.17) is 5.73 Å². The van der Waals surface area contributed by atoms with Crippen molar-refractivity contribution in [1.82, 2.24) is 14.8 Å². The molecule has 0 bridgehead atoms. The zero-order valence-electron chi connectivity index (χ0n) is 8.94. The predicted molar refractivity (Wildman–Crippen MR) is 60.2 cm³/mol. The Balaban J connectivity index is 2.54. The highest BCUT2D eigenvalue weighted by Gasteiger charge is 2.10. The van der Waals surface area contributed by atoms with Gasteiger partial charge in [0.25, 0.3) is 0 Å². The summed E-state index contributed by atoms with van der Waals surface area (Å²) in [5.41, 5.74) is 7.56. The van der Waals surface area contributed by atoms with Gasteiger partial charge in [-0.05, 0) is 12.1 Å². The Morgan fingerprint density at radius 2 is 2.07 bits per heavy atom. The van der Waals surface area contributed by atoms with Gasteiger partial charge in [-0.25, -0.2) is 9.67 Å². The Morgan fingerprint density at radius 1 is 1.33 bits per heavy atom. The normalized spacial score (nSPS) is 10.5. The van der Waals surface area contributed by atoms with Crippen LogP contribution in [0.1, 0.15) is 12.7 Å². The van der Waals surface area contributed by atoms with Crippen LogP contribution < -0.4 is 5.73 Å². The fraction of sp³-hybridized carbons (Fsp3) is 0.273. The average molecular weight is 202 g/mol. The molecule has 0 saturated heterocycles. The molecule has 2 aromatic rings. The number of nitrogens with two attached hydrogens (primary N) is 1. The van der Waals surface area contributed by atoms with E-state index in [1.807, 2.05) is 38.2 Å². The molecular weight excluding hydrogens is 188 g/mol. The van der Waals surface area contributed by atoms with Gasteiger partial charge in [0.05, 0.1) is 0 Å². The van der Waals surface area contributed by atoms with E-state index >= 15 is 0 Å². The minimum atomic E-state index is 0.732. The Labute approximate surface area is 88.8 Å². The molecule has 0 unspecified atom stereocenters. The van der Waals surface area contributed by atoms with Crippen LogP contribution in [-0.4, -0.2) is 14.8 Å². The third kappa shape index (κ3) is 1.70. The van der Waals surface area contributed by atoms with Crippen molar-refractivity contribution < 1.29 is 0 Å². The summed E-state index contributed by atoms with van der Waals surface area (Å²) >= 11 is 0. The standard InChI is InChI=1S/C11H14N4/c1-3-10-13-11(15(2)14-10)8-6-4-5-7-9(8)12/h4-7H,3,12H2,1-2H3. The maximum absolute atomic E-state index is 5.89. The lowest BCUT2D eigenvalue weighted by Crippen LogP contribution is -1.97. The first kappa shape index (κ1) is 9.71. The highest BCUT2D eigenvalue weighted by atomic mass is 15.3. The van der Waals surface area contributed by atoms with Crippen LogP contribution >= 0.6 is 0 Å². The van der Waals surface area contributed by atoms with Crippen LogP contribution in [0.25, 0.3) is 11.4 Å². The summed E-state index contributed by atoms with van der Waals surface area (Å²) in [6.07, 6.45) is 0.834. The number of aryl methyl sites for hydroxylation is 2. The van der Waals surface area contributed by atoms with Crippen molar-refractivity contribution in [3.8, 4) is 11.4 Å². The van der Waals surface area contributed by atoms with Crippen LogP contribution in [0.4, 0.5) is 5.69 Å². The maximum atomic E-state index is 5.89. The number of benzene rings is 1. The molecule has 4 heteroatoms. The molecule has 0 atom stereocenters. The first-order valence-electron chi connectivity index (χ1n) is 4.97. The fourth-order valence-corrected chi connectivity index (χ4v) is 1.52. The Kier molecular flexibility index (Phi) is 2.41. The third-order valence-electron chi connectivity index (χ3n) is 2.32. The molecule has 0 spiro atoms. The van der Waals surface area contributed by atoms with Gasteiger partial charge in [0.1, 0.15) is 0 Å². The van der Waals surface area contributed by atoms with Crippen molar-refractivity contribution >= 4 is 5.69 Å². The minimum absolute atomic E-state index is 0.732. The number of nitrogens with zero attached hydrogens (tertiary/aromatic N) is 3. The lowest BCUT2D eigenvalue weighted by molar-refractivity contribution is 0.753. The fourth-order valence-electron chi connectivity index (χ4n) is 1.52. The second kappa shape index (κ2) is 3.73. The van der Waals surface area contributed by atoms with E-state index in [-0.39, 0.29) is 0 Å². The Bertz CT molecular complexity index is 473. The average Bonchev–Trinajstić information content (AvgIpc) is 2.60. The van der Waals surface area contributed by atoms with Gasteiger partial charge in [-0.3, -0.25) is 0 Å². The maximum Gasteiger partial charge on any atom is 0.160 e. The van der Waals surface area contributed by atoms with E-state index in [0.29, 0.717) is 0 Å². The van der Waals surface area contributed by atoms with Gasteiger partial charge in [0.2, 0.25) is 0 Å². The molecule has 0 aliphatic rings. The summed E-state index contributed by atoms with van der Waals surface area (Å²) in [6, 6.07) is 7.69. The van der Waals surface area contributed by atoms with Crippen LogP contribution in [0.2, 0.25) is 0 Å². The Morgan fingerprint density at radius 3 is 2.67 bits per heavy atom. The van der Waals surface area contributed by atoms with Crippen LogP contribution in [0.3, 0.4) is 0 Å². The number of anilines is 1. The molecule has 1 heterocycles. The monoisotopic (exact) mass is 202 g/mol. The summed E-state index contributed by atoms with van der Waals surface area (Å²) in [6.45, 7) is 2.04. The molecule has 0 aliphatic carbocycles. The van der Waals surface area contributed by atoms with Gasteiger partial charge < -0.3 is 5.73 Å². The number of rotatable bonds is 2. The van der Waals surface area contributed by atoms with Crippen molar-refractivity contribution in [3.05, 3.63) is 30.1 Å². The van der Waals surface area contributed by atoms with E-state index in [9.17, 15) is 0 Å². The highest BCUT2D eigenvalue weighted by Crippen LogP contribution is 2.23. The van der Waals surface area contributed by atoms with E-state index in [1.54, 1.807) is 4.68 Å². The van der Waals surface area contributed by atoms with Crippen LogP contribution in [-0.2, 0) is 13.5 Å². The SMILES string of the molecule is CCc1nc(-c2ccccc2N)n(C)n1. The second-order valence-electron chi connectivity index (χ2n) is 3.42. The topological polar surface area (TPSA) is 56.7 Å². The summed E-state index contributed by atoms with van der Waals surface area (Å²) in [5, 5.41) is 4.30. The van der Waals surface area contributed by atoms with Gasteiger partial charge in [-0.15, -0.1) is 0 Å². The molecule has 4 nitrogen and oxygen atoms in total. The molecule has 1 aromatic carbocycles. The number of hydrogen-bond donors (Lipinski definition) is 1. The lowest BCUT2D eigenvalue weighted by Gasteiger charge is -2.02. The molecule has 15 heavy (non-hydrogen) atoms. The molecule has 78 valence electrons. The third-order valence-corrected chi connectivity index (χ3v) is 2.32. The summed E-state index contributed by atoms with van der Waals surface area (Å²) < 4.78 is 1.77. The molecule has 2 N–H and O–H groups in total. The van der Waals surface area contributed by atoms with Crippen molar-refractivity contribution in [2.75, 3.05) is 5.73 Å². The van der Waals surface area contributed by atoms with Gasteiger partial charge >= 0.3 is 0 Å². The van der Waals surface area contributed by atoms with Gasteiger partial charge in [-0.2, -0.15) is 5.10 Å². The van der Waals surface area contributed by atoms with E-state index in [2.05, 4.69) is 10.1 Å².